The quantitative estimate of drug-likeness (QED) is 0.825. The maximum Gasteiger partial charge on any atom is 0.203 e. The first-order valence-electron chi connectivity index (χ1n) is 5.87. The van der Waals surface area contributed by atoms with Crippen molar-refractivity contribution < 1.29 is 0 Å². The summed E-state index contributed by atoms with van der Waals surface area (Å²) in [5.41, 5.74) is 8.11. The molecular weight excluding hydrogens is 212 g/mol. The van der Waals surface area contributed by atoms with E-state index in [0.29, 0.717) is 6.54 Å². The van der Waals surface area contributed by atoms with Gasteiger partial charge in [-0.1, -0.05) is 24.3 Å². The molecule has 0 spiro atoms. The average molecular weight is 230 g/mol. The minimum atomic E-state index is 0.570. The number of anilines is 1. The molecule has 1 aromatic carbocycles. The van der Waals surface area contributed by atoms with E-state index in [1.807, 2.05) is 18.3 Å². The first-order chi connectivity index (χ1) is 8.35. The van der Waals surface area contributed by atoms with Crippen LogP contribution < -0.4 is 11.1 Å². The lowest BCUT2D eigenvalue weighted by atomic mass is 10.1. The summed E-state index contributed by atoms with van der Waals surface area (Å²) in [4.78, 5) is 4.28. The van der Waals surface area contributed by atoms with Gasteiger partial charge in [-0.3, -0.25) is 0 Å². The van der Waals surface area contributed by atoms with Gasteiger partial charge in [-0.05, 0) is 18.1 Å². The van der Waals surface area contributed by atoms with Crippen LogP contribution in [-0.4, -0.2) is 9.55 Å². The molecule has 2 rings (SSSR count). The summed E-state index contributed by atoms with van der Waals surface area (Å²) in [6, 6.07) is 8.19. The molecule has 0 saturated carbocycles. The largest absolute Gasteiger partial charge is 0.352 e. The maximum absolute atomic E-state index is 5.71. The maximum atomic E-state index is 5.71. The van der Waals surface area contributed by atoms with Crippen molar-refractivity contribution in [2.24, 2.45) is 5.73 Å². The van der Waals surface area contributed by atoms with E-state index in [1.54, 1.807) is 6.20 Å². The van der Waals surface area contributed by atoms with Crippen molar-refractivity contribution in [2.45, 2.75) is 26.6 Å². The SMILES string of the molecule is CCn1ccnc1NCc1ccccc1CN. The molecule has 0 atom stereocenters. The molecule has 4 nitrogen and oxygen atoms in total. The zero-order valence-corrected chi connectivity index (χ0v) is 10.1. The highest BCUT2D eigenvalue weighted by atomic mass is 15.2. The van der Waals surface area contributed by atoms with Crippen molar-refractivity contribution >= 4 is 5.95 Å². The predicted molar refractivity (Wildman–Crippen MR) is 69.6 cm³/mol. The summed E-state index contributed by atoms with van der Waals surface area (Å²) in [7, 11) is 0. The van der Waals surface area contributed by atoms with Gasteiger partial charge in [-0.2, -0.15) is 0 Å². The van der Waals surface area contributed by atoms with Gasteiger partial charge in [0.15, 0.2) is 0 Å². The number of nitrogens with one attached hydrogen (secondary N) is 1. The van der Waals surface area contributed by atoms with E-state index in [4.69, 9.17) is 5.73 Å². The van der Waals surface area contributed by atoms with Crippen LogP contribution >= 0.6 is 0 Å². The highest BCUT2D eigenvalue weighted by molar-refractivity contribution is 5.33. The van der Waals surface area contributed by atoms with Crippen molar-refractivity contribution in [1.82, 2.24) is 9.55 Å². The van der Waals surface area contributed by atoms with Gasteiger partial charge in [-0.25, -0.2) is 4.98 Å². The Balaban J connectivity index is 2.07. The Hall–Kier alpha value is -1.81. The van der Waals surface area contributed by atoms with Crippen LogP contribution in [0.5, 0.6) is 0 Å². The zero-order chi connectivity index (χ0) is 12.1. The van der Waals surface area contributed by atoms with Crippen molar-refractivity contribution in [3.05, 3.63) is 47.8 Å². The Bertz CT molecular complexity index is 476. The summed E-state index contributed by atoms with van der Waals surface area (Å²) < 4.78 is 2.07. The number of nitrogens with two attached hydrogens (primary N) is 1. The fourth-order valence-corrected chi connectivity index (χ4v) is 1.83. The van der Waals surface area contributed by atoms with Crippen LogP contribution in [0, 0.1) is 0 Å². The van der Waals surface area contributed by atoms with Crippen LogP contribution in [0.3, 0.4) is 0 Å². The van der Waals surface area contributed by atoms with Gasteiger partial charge < -0.3 is 15.6 Å². The topological polar surface area (TPSA) is 55.9 Å². The Morgan fingerprint density at radius 1 is 1.29 bits per heavy atom. The average Bonchev–Trinajstić information content (AvgIpc) is 2.84. The molecule has 4 heteroatoms. The normalized spacial score (nSPS) is 10.5. The van der Waals surface area contributed by atoms with Gasteiger partial charge in [0.25, 0.3) is 0 Å². The highest BCUT2D eigenvalue weighted by Crippen LogP contribution is 2.11. The summed E-state index contributed by atoms with van der Waals surface area (Å²) in [6.07, 6.45) is 3.78. The zero-order valence-electron chi connectivity index (χ0n) is 10.1. The van der Waals surface area contributed by atoms with Gasteiger partial charge in [0.1, 0.15) is 0 Å². The molecule has 0 bridgehead atoms. The fraction of sp³-hybridized carbons (Fsp3) is 0.308. The third-order valence-corrected chi connectivity index (χ3v) is 2.83. The van der Waals surface area contributed by atoms with E-state index in [2.05, 4.69) is 33.9 Å². The van der Waals surface area contributed by atoms with E-state index in [9.17, 15) is 0 Å². The molecule has 0 amide bonds. The Morgan fingerprint density at radius 2 is 2.06 bits per heavy atom. The van der Waals surface area contributed by atoms with Gasteiger partial charge in [0, 0.05) is 32.0 Å². The second-order valence-electron chi connectivity index (χ2n) is 3.86. The van der Waals surface area contributed by atoms with Gasteiger partial charge >= 0.3 is 0 Å². The molecular formula is C13H18N4. The first kappa shape index (κ1) is 11.7. The number of hydrogen-bond acceptors (Lipinski definition) is 3. The third-order valence-electron chi connectivity index (χ3n) is 2.83. The molecule has 3 N–H and O–H groups in total. The summed E-state index contributed by atoms with van der Waals surface area (Å²) in [6.45, 7) is 4.34. The molecule has 0 unspecified atom stereocenters. The molecule has 17 heavy (non-hydrogen) atoms. The lowest BCUT2D eigenvalue weighted by Gasteiger charge is -2.10. The van der Waals surface area contributed by atoms with Crippen LogP contribution in [0.4, 0.5) is 5.95 Å². The molecule has 1 aromatic heterocycles. The second kappa shape index (κ2) is 5.50. The molecule has 0 aliphatic rings. The van der Waals surface area contributed by atoms with E-state index in [1.165, 1.54) is 11.1 Å². The lowest BCUT2D eigenvalue weighted by molar-refractivity contribution is 0.762. The summed E-state index contributed by atoms with van der Waals surface area (Å²) >= 11 is 0. The van der Waals surface area contributed by atoms with Crippen LogP contribution in [-0.2, 0) is 19.6 Å². The van der Waals surface area contributed by atoms with Crippen molar-refractivity contribution in [1.29, 1.82) is 0 Å². The van der Waals surface area contributed by atoms with Crippen molar-refractivity contribution in [2.75, 3.05) is 5.32 Å². The predicted octanol–water partition coefficient (Wildman–Crippen LogP) is 1.97. The van der Waals surface area contributed by atoms with Gasteiger partial charge in [-0.15, -0.1) is 0 Å². The molecule has 0 saturated heterocycles. The van der Waals surface area contributed by atoms with E-state index in [-0.39, 0.29) is 0 Å². The summed E-state index contributed by atoms with van der Waals surface area (Å²) in [5, 5.41) is 3.33. The fourth-order valence-electron chi connectivity index (χ4n) is 1.83. The standard InChI is InChI=1S/C13H18N4/c1-2-17-8-7-15-13(17)16-10-12-6-4-3-5-11(12)9-14/h3-8H,2,9-10,14H2,1H3,(H,15,16). The lowest BCUT2D eigenvalue weighted by Crippen LogP contribution is -2.09. The Morgan fingerprint density at radius 3 is 2.76 bits per heavy atom. The summed E-state index contributed by atoms with van der Waals surface area (Å²) in [5.74, 6) is 0.902. The number of aryl methyl sites for hydroxylation is 1. The number of benzene rings is 1. The Labute approximate surface area is 101 Å². The van der Waals surface area contributed by atoms with E-state index < -0.39 is 0 Å². The van der Waals surface area contributed by atoms with Crippen molar-refractivity contribution in [3.63, 3.8) is 0 Å². The smallest absolute Gasteiger partial charge is 0.203 e. The van der Waals surface area contributed by atoms with Crippen LogP contribution in [0.2, 0.25) is 0 Å². The molecule has 1 heterocycles. The van der Waals surface area contributed by atoms with Crippen LogP contribution in [0.15, 0.2) is 36.7 Å². The number of imidazole rings is 1. The number of nitrogens with zero attached hydrogens (tertiary/aromatic N) is 2. The molecule has 0 fully saturated rings. The minimum absolute atomic E-state index is 0.570. The minimum Gasteiger partial charge on any atom is -0.352 e. The monoisotopic (exact) mass is 230 g/mol. The third kappa shape index (κ3) is 2.65. The number of aromatic nitrogens is 2. The molecule has 2 aromatic rings. The van der Waals surface area contributed by atoms with Gasteiger partial charge in [0.05, 0.1) is 0 Å². The van der Waals surface area contributed by atoms with E-state index >= 15 is 0 Å². The van der Waals surface area contributed by atoms with Gasteiger partial charge in [0.2, 0.25) is 5.95 Å². The molecule has 0 aliphatic carbocycles. The highest BCUT2D eigenvalue weighted by Gasteiger charge is 2.02. The molecule has 0 aliphatic heterocycles. The second-order valence-corrected chi connectivity index (χ2v) is 3.86. The van der Waals surface area contributed by atoms with Crippen LogP contribution in [0.1, 0.15) is 18.1 Å². The van der Waals surface area contributed by atoms with Crippen molar-refractivity contribution in [3.8, 4) is 0 Å². The first-order valence-corrected chi connectivity index (χ1v) is 5.87. The molecule has 0 radical (unpaired) electrons. The number of rotatable bonds is 5. The van der Waals surface area contributed by atoms with Crippen LogP contribution in [0.25, 0.3) is 0 Å². The number of hydrogen-bond donors (Lipinski definition) is 2. The molecule has 90 valence electrons. The van der Waals surface area contributed by atoms with E-state index in [0.717, 1.165) is 19.0 Å². The Kier molecular flexibility index (Phi) is 3.77.